The monoisotopic (exact) mass is 427 g/mol. The molecule has 4 aromatic rings. The Balaban J connectivity index is 1.35. The third-order valence-corrected chi connectivity index (χ3v) is 6.44. The summed E-state index contributed by atoms with van der Waals surface area (Å²) >= 11 is 6.28. The number of hydrogen-bond acceptors (Lipinski definition) is 5. The summed E-state index contributed by atoms with van der Waals surface area (Å²) in [5, 5.41) is 1.69. The van der Waals surface area contributed by atoms with Crippen molar-refractivity contribution < 1.29 is 0 Å². The summed E-state index contributed by atoms with van der Waals surface area (Å²) in [5.74, 6) is 2.38. The predicted octanol–water partition coefficient (Wildman–Crippen LogP) is 5.49. The highest BCUT2D eigenvalue weighted by molar-refractivity contribution is 6.31. The number of aromatic nitrogens is 4. The molecule has 0 N–H and O–H groups in total. The van der Waals surface area contributed by atoms with E-state index in [0.717, 1.165) is 58.9 Å². The Bertz CT molecular complexity index is 1300. The summed E-state index contributed by atoms with van der Waals surface area (Å²) in [5.41, 5.74) is 6.77. The first-order valence-corrected chi connectivity index (χ1v) is 11.1. The fourth-order valence-corrected chi connectivity index (χ4v) is 4.57. The van der Waals surface area contributed by atoms with Crippen LogP contribution in [0, 0.1) is 6.92 Å². The smallest absolute Gasteiger partial charge is 0.140 e. The minimum absolute atomic E-state index is 0.670. The number of anilines is 1. The average molecular weight is 428 g/mol. The van der Waals surface area contributed by atoms with Gasteiger partial charge in [0.05, 0.1) is 5.52 Å². The molecule has 31 heavy (non-hydrogen) atoms. The number of hydrogen-bond donors (Lipinski definition) is 0. The van der Waals surface area contributed by atoms with Gasteiger partial charge in [-0.15, -0.1) is 0 Å². The second kappa shape index (κ2) is 7.27. The highest BCUT2D eigenvalue weighted by atomic mass is 35.5. The molecule has 0 saturated heterocycles. The van der Waals surface area contributed by atoms with Crippen molar-refractivity contribution >= 4 is 28.3 Å². The van der Waals surface area contributed by atoms with Gasteiger partial charge in [0, 0.05) is 70.7 Å². The van der Waals surface area contributed by atoms with Crippen LogP contribution < -0.4 is 4.90 Å². The molecule has 0 atom stereocenters. The molecule has 0 amide bonds. The van der Waals surface area contributed by atoms with Gasteiger partial charge in [0.1, 0.15) is 11.6 Å². The molecular weight excluding hydrogens is 406 g/mol. The normalized spacial score (nSPS) is 15.9. The molecular formula is C25H22ClN5. The maximum Gasteiger partial charge on any atom is 0.140 e. The number of rotatable bonds is 3. The second-order valence-electron chi connectivity index (χ2n) is 8.50. The number of halogens is 1. The van der Waals surface area contributed by atoms with Gasteiger partial charge in [-0.3, -0.25) is 9.97 Å². The molecule has 6 heteroatoms. The van der Waals surface area contributed by atoms with E-state index >= 15 is 0 Å². The fraction of sp³-hybridized carbons (Fsp3) is 0.280. The summed E-state index contributed by atoms with van der Waals surface area (Å²) in [6.45, 7) is 3.57. The molecule has 3 aromatic heterocycles. The summed E-state index contributed by atoms with van der Waals surface area (Å²) in [6, 6.07) is 12.4. The lowest BCUT2D eigenvalue weighted by molar-refractivity contribution is 0.703. The first-order valence-electron chi connectivity index (χ1n) is 10.8. The van der Waals surface area contributed by atoms with E-state index in [-0.39, 0.29) is 0 Å². The van der Waals surface area contributed by atoms with Crippen LogP contribution in [0.5, 0.6) is 0 Å². The van der Waals surface area contributed by atoms with E-state index in [9.17, 15) is 0 Å². The average Bonchev–Trinajstić information content (AvgIpc) is 3.64. The molecule has 4 heterocycles. The Labute approximate surface area is 186 Å². The van der Waals surface area contributed by atoms with Gasteiger partial charge in [0.15, 0.2) is 0 Å². The second-order valence-corrected chi connectivity index (χ2v) is 8.94. The van der Waals surface area contributed by atoms with Crippen LogP contribution >= 0.6 is 11.6 Å². The number of pyridine rings is 2. The highest BCUT2D eigenvalue weighted by Crippen LogP contribution is 2.39. The Kier molecular flexibility index (Phi) is 4.39. The van der Waals surface area contributed by atoms with Crippen LogP contribution in [0.1, 0.15) is 41.5 Å². The van der Waals surface area contributed by atoms with Crippen molar-refractivity contribution in [2.75, 3.05) is 11.4 Å². The van der Waals surface area contributed by atoms with Crippen LogP contribution in [0.25, 0.3) is 22.0 Å². The molecule has 5 nitrogen and oxygen atoms in total. The SMILES string of the molecule is Cc1nc(N2CCc3ncc(-c4ccc(C5CC5)nc4)cc3C2)c2cc(Cl)ccc2n1. The van der Waals surface area contributed by atoms with Crippen molar-refractivity contribution in [3.63, 3.8) is 0 Å². The lowest BCUT2D eigenvalue weighted by Gasteiger charge is -2.30. The summed E-state index contributed by atoms with van der Waals surface area (Å²) in [6.07, 6.45) is 7.39. The van der Waals surface area contributed by atoms with Gasteiger partial charge >= 0.3 is 0 Å². The molecule has 1 aliphatic carbocycles. The van der Waals surface area contributed by atoms with Gasteiger partial charge in [0.25, 0.3) is 0 Å². The van der Waals surface area contributed by atoms with Crippen LogP contribution in [0.2, 0.25) is 5.02 Å². The summed E-state index contributed by atoms with van der Waals surface area (Å²) in [4.78, 5) is 21.1. The Morgan fingerprint density at radius 1 is 0.968 bits per heavy atom. The van der Waals surface area contributed by atoms with Gasteiger partial charge in [0.2, 0.25) is 0 Å². The molecule has 2 aliphatic rings. The van der Waals surface area contributed by atoms with Crippen molar-refractivity contribution in [2.24, 2.45) is 0 Å². The lowest BCUT2D eigenvalue weighted by Crippen LogP contribution is -2.32. The molecule has 154 valence electrons. The Morgan fingerprint density at radius 3 is 2.65 bits per heavy atom. The van der Waals surface area contributed by atoms with Crippen LogP contribution in [-0.2, 0) is 13.0 Å². The van der Waals surface area contributed by atoms with Gasteiger partial charge in [-0.05, 0) is 55.7 Å². The molecule has 1 aliphatic heterocycles. The number of benzene rings is 1. The first kappa shape index (κ1) is 18.7. The van der Waals surface area contributed by atoms with Gasteiger partial charge in [-0.2, -0.15) is 0 Å². The summed E-state index contributed by atoms with van der Waals surface area (Å²) in [7, 11) is 0. The van der Waals surface area contributed by atoms with Crippen molar-refractivity contribution in [1.29, 1.82) is 0 Å². The zero-order valence-electron chi connectivity index (χ0n) is 17.3. The van der Waals surface area contributed by atoms with E-state index in [0.29, 0.717) is 10.9 Å². The van der Waals surface area contributed by atoms with Crippen LogP contribution in [-0.4, -0.2) is 26.5 Å². The zero-order chi connectivity index (χ0) is 20.9. The summed E-state index contributed by atoms with van der Waals surface area (Å²) < 4.78 is 0. The van der Waals surface area contributed by atoms with Crippen LogP contribution in [0.3, 0.4) is 0 Å². The minimum Gasteiger partial charge on any atom is -0.351 e. The van der Waals surface area contributed by atoms with Crippen molar-refractivity contribution in [3.8, 4) is 11.1 Å². The van der Waals surface area contributed by atoms with Gasteiger partial charge < -0.3 is 4.90 Å². The molecule has 6 rings (SSSR count). The van der Waals surface area contributed by atoms with E-state index < -0.39 is 0 Å². The van der Waals surface area contributed by atoms with Crippen molar-refractivity contribution in [2.45, 2.75) is 38.6 Å². The molecule has 0 unspecified atom stereocenters. The Morgan fingerprint density at radius 2 is 1.84 bits per heavy atom. The van der Waals surface area contributed by atoms with Gasteiger partial charge in [-0.1, -0.05) is 17.7 Å². The number of fused-ring (bicyclic) bond motifs is 2. The predicted molar refractivity (Wildman–Crippen MR) is 123 cm³/mol. The van der Waals surface area contributed by atoms with E-state index in [1.54, 1.807) is 0 Å². The van der Waals surface area contributed by atoms with E-state index in [2.05, 4.69) is 33.1 Å². The topological polar surface area (TPSA) is 54.8 Å². The molecule has 0 bridgehead atoms. The fourth-order valence-electron chi connectivity index (χ4n) is 4.40. The maximum atomic E-state index is 6.28. The standard InChI is InChI=1S/C25H22ClN5/c1-15-29-24-7-5-20(26)11-21(24)25(30-15)31-9-8-23-19(14-31)10-18(13-28-23)17-4-6-22(27-12-17)16-2-3-16/h4-7,10-13,16H,2-3,8-9,14H2,1H3. The number of aryl methyl sites for hydroxylation is 1. The molecule has 1 fully saturated rings. The highest BCUT2D eigenvalue weighted by Gasteiger charge is 2.25. The molecule has 1 aromatic carbocycles. The van der Waals surface area contributed by atoms with Crippen molar-refractivity contribution in [1.82, 2.24) is 19.9 Å². The minimum atomic E-state index is 0.670. The van der Waals surface area contributed by atoms with E-state index in [1.807, 2.05) is 37.5 Å². The zero-order valence-corrected chi connectivity index (χ0v) is 18.1. The quantitative estimate of drug-likeness (QED) is 0.432. The van der Waals surface area contributed by atoms with Crippen LogP contribution in [0.15, 0.2) is 48.8 Å². The van der Waals surface area contributed by atoms with Crippen molar-refractivity contribution in [3.05, 3.63) is 76.6 Å². The van der Waals surface area contributed by atoms with E-state index in [4.69, 9.17) is 21.6 Å². The Hall–Kier alpha value is -3.05. The molecule has 0 radical (unpaired) electrons. The third kappa shape index (κ3) is 3.53. The molecule has 1 saturated carbocycles. The molecule has 0 spiro atoms. The largest absolute Gasteiger partial charge is 0.351 e. The van der Waals surface area contributed by atoms with E-state index in [1.165, 1.54) is 24.1 Å². The maximum absolute atomic E-state index is 6.28. The third-order valence-electron chi connectivity index (χ3n) is 6.20. The van der Waals surface area contributed by atoms with Gasteiger partial charge in [-0.25, -0.2) is 9.97 Å². The first-order chi connectivity index (χ1) is 15.1. The van der Waals surface area contributed by atoms with Crippen LogP contribution in [0.4, 0.5) is 5.82 Å². The number of nitrogens with zero attached hydrogens (tertiary/aromatic N) is 5. The lowest BCUT2D eigenvalue weighted by atomic mass is 10.0.